The lowest BCUT2D eigenvalue weighted by molar-refractivity contribution is 1.02. The number of aromatic amines is 1. The van der Waals surface area contributed by atoms with E-state index in [2.05, 4.69) is 63.1 Å². The molecule has 0 saturated heterocycles. The maximum Gasteiger partial charge on any atom is 0.159 e. The van der Waals surface area contributed by atoms with E-state index in [9.17, 15) is 0 Å². The molecule has 94 valence electrons. The molecule has 1 aliphatic carbocycles. The second-order valence-electron chi connectivity index (χ2n) is 4.91. The van der Waals surface area contributed by atoms with Gasteiger partial charge < -0.3 is 5.73 Å². The summed E-state index contributed by atoms with van der Waals surface area (Å²) in [6.45, 7) is 0. The van der Waals surface area contributed by atoms with Crippen LogP contribution in [-0.4, -0.2) is 10.2 Å². The number of nitrogen functional groups attached to an aromatic ring is 1. The van der Waals surface area contributed by atoms with Crippen LogP contribution in [-0.2, 0) is 12.8 Å². The van der Waals surface area contributed by atoms with Crippen LogP contribution in [0.2, 0.25) is 0 Å². The van der Waals surface area contributed by atoms with E-state index >= 15 is 0 Å². The molecule has 0 saturated carbocycles. The molecule has 4 heteroatoms. The first-order valence-electron chi connectivity index (χ1n) is 6.29. The summed E-state index contributed by atoms with van der Waals surface area (Å²) in [5.74, 6) is 0.568. The lowest BCUT2D eigenvalue weighted by atomic mass is 9.98. The van der Waals surface area contributed by atoms with Crippen LogP contribution in [0.1, 0.15) is 11.1 Å². The standard InChI is InChI=1S/C15H12IN3/c16-13-14(18-19-15(13)17)11-7-6-9-5-4-8-2-1-3-10(11)12(8)9/h1-3,6-7H,4-5H2,(H3,17,18,19). The fourth-order valence-corrected chi connectivity index (χ4v) is 3.52. The van der Waals surface area contributed by atoms with Gasteiger partial charge in [-0.05, 0) is 57.3 Å². The minimum absolute atomic E-state index is 0.568. The molecular weight excluding hydrogens is 349 g/mol. The van der Waals surface area contributed by atoms with E-state index in [0.717, 1.165) is 22.1 Å². The second kappa shape index (κ2) is 3.96. The Hall–Kier alpha value is -1.56. The van der Waals surface area contributed by atoms with Gasteiger partial charge in [-0.3, -0.25) is 5.10 Å². The number of anilines is 1. The highest BCUT2D eigenvalue weighted by Gasteiger charge is 2.18. The fraction of sp³-hybridized carbons (Fsp3) is 0.133. The highest BCUT2D eigenvalue weighted by Crippen LogP contribution is 2.38. The van der Waals surface area contributed by atoms with Crippen LogP contribution in [0, 0.1) is 3.57 Å². The van der Waals surface area contributed by atoms with Crippen LogP contribution < -0.4 is 5.73 Å². The molecule has 0 amide bonds. The van der Waals surface area contributed by atoms with Gasteiger partial charge in [-0.15, -0.1) is 0 Å². The molecule has 1 aromatic heterocycles. The summed E-state index contributed by atoms with van der Waals surface area (Å²) in [5.41, 5.74) is 11.0. The van der Waals surface area contributed by atoms with E-state index in [1.807, 2.05) is 0 Å². The number of hydrogen-bond acceptors (Lipinski definition) is 2. The zero-order valence-electron chi connectivity index (χ0n) is 10.2. The summed E-state index contributed by atoms with van der Waals surface area (Å²) < 4.78 is 0.997. The van der Waals surface area contributed by atoms with Crippen molar-refractivity contribution >= 4 is 39.2 Å². The van der Waals surface area contributed by atoms with Gasteiger partial charge in [0.15, 0.2) is 5.82 Å². The van der Waals surface area contributed by atoms with Crippen LogP contribution >= 0.6 is 22.6 Å². The number of aromatic nitrogens is 2. The number of nitrogens with zero attached hydrogens (tertiary/aromatic N) is 1. The number of benzene rings is 2. The molecule has 19 heavy (non-hydrogen) atoms. The SMILES string of the molecule is Nc1n[nH]c(-c2ccc3c4c(cccc24)CC3)c1I. The Balaban J connectivity index is 2.10. The molecule has 0 fully saturated rings. The quantitative estimate of drug-likeness (QED) is 0.652. The van der Waals surface area contributed by atoms with E-state index in [-0.39, 0.29) is 0 Å². The van der Waals surface area contributed by atoms with E-state index in [1.54, 1.807) is 0 Å². The predicted molar refractivity (Wildman–Crippen MR) is 86.1 cm³/mol. The molecule has 0 aliphatic heterocycles. The zero-order chi connectivity index (χ0) is 13.0. The van der Waals surface area contributed by atoms with Gasteiger partial charge in [-0.25, -0.2) is 0 Å². The van der Waals surface area contributed by atoms with Gasteiger partial charge in [0, 0.05) is 5.56 Å². The van der Waals surface area contributed by atoms with Crippen molar-refractivity contribution in [1.82, 2.24) is 10.2 Å². The minimum atomic E-state index is 0.568. The number of rotatable bonds is 1. The average Bonchev–Trinajstić information content (AvgIpc) is 2.99. The molecule has 3 aromatic rings. The van der Waals surface area contributed by atoms with E-state index in [1.165, 1.54) is 27.5 Å². The number of nitrogens with one attached hydrogen (secondary N) is 1. The van der Waals surface area contributed by atoms with E-state index in [4.69, 9.17) is 5.73 Å². The monoisotopic (exact) mass is 361 g/mol. The highest BCUT2D eigenvalue weighted by atomic mass is 127. The first-order chi connectivity index (χ1) is 9.25. The Kier molecular flexibility index (Phi) is 2.35. The number of H-pyrrole nitrogens is 1. The maximum absolute atomic E-state index is 5.84. The van der Waals surface area contributed by atoms with Crippen molar-refractivity contribution in [2.45, 2.75) is 12.8 Å². The van der Waals surface area contributed by atoms with Gasteiger partial charge in [0.2, 0.25) is 0 Å². The van der Waals surface area contributed by atoms with Crippen molar-refractivity contribution in [2.24, 2.45) is 0 Å². The molecule has 0 spiro atoms. The third-order valence-corrected chi connectivity index (χ3v) is 4.97. The molecule has 0 bridgehead atoms. The van der Waals surface area contributed by atoms with Gasteiger partial charge in [0.25, 0.3) is 0 Å². The summed E-state index contributed by atoms with van der Waals surface area (Å²) in [6.07, 6.45) is 2.30. The van der Waals surface area contributed by atoms with Crippen molar-refractivity contribution in [3.05, 3.63) is 45.0 Å². The first kappa shape index (κ1) is 11.3. The summed E-state index contributed by atoms with van der Waals surface area (Å²) >= 11 is 2.25. The topological polar surface area (TPSA) is 54.7 Å². The summed E-state index contributed by atoms with van der Waals surface area (Å²) in [7, 11) is 0. The molecule has 2 aromatic carbocycles. The number of aryl methyl sites for hydroxylation is 2. The highest BCUT2D eigenvalue weighted by molar-refractivity contribution is 14.1. The molecule has 4 rings (SSSR count). The summed E-state index contributed by atoms with van der Waals surface area (Å²) in [6, 6.07) is 11.0. The molecule has 3 nitrogen and oxygen atoms in total. The molecule has 1 heterocycles. The van der Waals surface area contributed by atoms with E-state index < -0.39 is 0 Å². The molecule has 1 aliphatic rings. The Labute approximate surface area is 124 Å². The lowest BCUT2D eigenvalue weighted by Crippen LogP contribution is -1.88. The van der Waals surface area contributed by atoms with Gasteiger partial charge in [-0.1, -0.05) is 30.3 Å². The van der Waals surface area contributed by atoms with Crippen LogP contribution in [0.15, 0.2) is 30.3 Å². The van der Waals surface area contributed by atoms with E-state index in [0.29, 0.717) is 5.82 Å². The normalized spacial score (nSPS) is 13.3. The van der Waals surface area contributed by atoms with Crippen LogP contribution in [0.25, 0.3) is 22.0 Å². The number of halogens is 1. The van der Waals surface area contributed by atoms with Crippen LogP contribution in [0.4, 0.5) is 5.82 Å². The Morgan fingerprint density at radius 1 is 1.11 bits per heavy atom. The van der Waals surface area contributed by atoms with Gasteiger partial charge in [-0.2, -0.15) is 5.10 Å². The van der Waals surface area contributed by atoms with Crippen molar-refractivity contribution in [3.63, 3.8) is 0 Å². The lowest BCUT2D eigenvalue weighted by Gasteiger charge is -2.08. The Morgan fingerprint density at radius 3 is 2.63 bits per heavy atom. The van der Waals surface area contributed by atoms with Gasteiger partial charge in [0.05, 0.1) is 9.26 Å². The Bertz CT molecular complexity index is 794. The summed E-state index contributed by atoms with van der Waals surface area (Å²) in [4.78, 5) is 0. The van der Waals surface area contributed by atoms with Crippen molar-refractivity contribution in [1.29, 1.82) is 0 Å². The largest absolute Gasteiger partial charge is 0.381 e. The Morgan fingerprint density at radius 2 is 1.89 bits per heavy atom. The predicted octanol–water partition coefficient (Wildman–Crippen LogP) is 3.52. The average molecular weight is 361 g/mol. The molecule has 3 N–H and O–H groups in total. The smallest absolute Gasteiger partial charge is 0.159 e. The number of hydrogen-bond donors (Lipinski definition) is 2. The summed E-state index contributed by atoms with van der Waals surface area (Å²) in [5, 5.41) is 9.88. The fourth-order valence-electron chi connectivity index (χ4n) is 2.99. The number of nitrogens with two attached hydrogens (primary N) is 1. The third-order valence-electron chi connectivity index (χ3n) is 3.88. The maximum atomic E-state index is 5.84. The van der Waals surface area contributed by atoms with Crippen molar-refractivity contribution in [2.75, 3.05) is 5.73 Å². The molecule has 0 atom stereocenters. The van der Waals surface area contributed by atoms with Crippen molar-refractivity contribution < 1.29 is 0 Å². The van der Waals surface area contributed by atoms with Crippen LogP contribution in [0.3, 0.4) is 0 Å². The zero-order valence-corrected chi connectivity index (χ0v) is 12.4. The van der Waals surface area contributed by atoms with Crippen LogP contribution in [0.5, 0.6) is 0 Å². The first-order valence-corrected chi connectivity index (χ1v) is 7.37. The molecule has 0 radical (unpaired) electrons. The molecule has 0 unspecified atom stereocenters. The minimum Gasteiger partial charge on any atom is -0.381 e. The second-order valence-corrected chi connectivity index (χ2v) is 5.99. The third kappa shape index (κ3) is 1.52. The van der Waals surface area contributed by atoms with Crippen molar-refractivity contribution in [3.8, 4) is 11.3 Å². The van der Waals surface area contributed by atoms with Gasteiger partial charge in [0.1, 0.15) is 0 Å². The van der Waals surface area contributed by atoms with Gasteiger partial charge >= 0.3 is 0 Å². The molecular formula is C15H12IN3.